The van der Waals surface area contributed by atoms with Crippen molar-refractivity contribution in [2.24, 2.45) is 0 Å². The third kappa shape index (κ3) is 4.12. The topological polar surface area (TPSA) is 25.2 Å². The van der Waals surface area contributed by atoms with Gasteiger partial charge in [-0.3, -0.25) is 0 Å². The van der Waals surface area contributed by atoms with Crippen LogP contribution in [0.5, 0.6) is 0 Å². The molecule has 0 amide bonds. The van der Waals surface area contributed by atoms with Crippen molar-refractivity contribution in [2.75, 3.05) is 5.32 Å². The highest BCUT2D eigenvalue weighted by atomic mass is 16.3. The first-order valence-corrected chi connectivity index (χ1v) is 12.9. The van der Waals surface area contributed by atoms with Gasteiger partial charge < -0.3 is 9.73 Å². The standard InChI is InChI=1S/C36H25NO/c1-4-10-25(11-5-1)28-18-21-35-33(22-28)34-24-29(23-32(36(34)38-35)27-12-6-2-7-13-27)26-16-19-31(20-17-26)37-30-14-8-3-9-15-30/h1-24,37H. The lowest BCUT2D eigenvalue weighted by Crippen LogP contribution is -1.89. The molecule has 2 nitrogen and oxygen atoms in total. The highest BCUT2D eigenvalue weighted by molar-refractivity contribution is 6.12. The Labute approximate surface area is 221 Å². The molecule has 0 atom stereocenters. The molecule has 0 aliphatic carbocycles. The highest BCUT2D eigenvalue weighted by Gasteiger charge is 2.16. The smallest absolute Gasteiger partial charge is 0.143 e. The molecule has 38 heavy (non-hydrogen) atoms. The second-order valence-corrected chi connectivity index (χ2v) is 9.51. The van der Waals surface area contributed by atoms with Crippen molar-refractivity contribution in [3.05, 3.63) is 146 Å². The molecule has 7 aromatic rings. The molecule has 180 valence electrons. The van der Waals surface area contributed by atoms with Crippen LogP contribution in [0.3, 0.4) is 0 Å². The summed E-state index contributed by atoms with van der Waals surface area (Å²) in [5.41, 5.74) is 10.9. The van der Waals surface area contributed by atoms with Gasteiger partial charge in [0.05, 0.1) is 0 Å². The van der Waals surface area contributed by atoms with E-state index < -0.39 is 0 Å². The van der Waals surface area contributed by atoms with Crippen LogP contribution in [0, 0.1) is 0 Å². The predicted octanol–water partition coefficient (Wildman–Crippen LogP) is 10.3. The number of furan rings is 1. The largest absolute Gasteiger partial charge is 0.455 e. The number of fused-ring (bicyclic) bond motifs is 3. The van der Waals surface area contributed by atoms with Crippen molar-refractivity contribution in [3.63, 3.8) is 0 Å². The zero-order valence-corrected chi connectivity index (χ0v) is 20.8. The summed E-state index contributed by atoms with van der Waals surface area (Å²) in [6, 6.07) is 50.9. The summed E-state index contributed by atoms with van der Waals surface area (Å²) in [4.78, 5) is 0. The minimum absolute atomic E-state index is 0.899. The Bertz CT molecular complexity index is 1850. The van der Waals surface area contributed by atoms with Crippen molar-refractivity contribution in [1.29, 1.82) is 0 Å². The van der Waals surface area contributed by atoms with Crippen LogP contribution >= 0.6 is 0 Å². The number of hydrogen-bond acceptors (Lipinski definition) is 2. The van der Waals surface area contributed by atoms with Gasteiger partial charge in [0, 0.05) is 27.7 Å². The van der Waals surface area contributed by atoms with Crippen LogP contribution in [-0.4, -0.2) is 0 Å². The second-order valence-electron chi connectivity index (χ2n) is 9.51. The number of hydrogen-bond donors (Lipinski definition) is 1. The van der Waals surface area contributed by atoms with E-state index in [1.165, 1.54) is 11.1 Å². The number of nitrogens with one attached hydrogen (secondary N) is 1. The fourth-order valence-corrected chi connectivity index (χ4v) is 5.12. The molecule has 6 aromatic carbocycles. The van der Waals surface area contributed by atoms with Crippen molar-refractivity contribution in [3.8, 4) is 33.4 Å². The molecular weight excluding hydrogens is 462 g/mol. The summed E-state index contributed by atoms with van der Waals surface area (Å²) in [6.07, 6.45) is 0. The van der Waals surface area contributed by atoms with E-state index >= 15 is 0 Å². The molecule has 7 rings (SSSR count). The van der Waals surface area contributed by atoms with Crippen molar-refractivity contribution >= 4 is 33.3 Å². The number of rotatable bonds is 5. The third-order valence-corrected chi connectivity index (χ3v) is 7.04. The summed E-state index contributed by atoms with van der Waals surface area (Å²) in [5, 5.41) is 5.73. The van der Waals surface area contributed by atoms with Gasteiger partial charge >= 0.3 is 0 Å². The Morgan fingerprint density at radius 1 is 0.395 bits per heavy atom. The van der Waals surface area contributed by atoms with Gasteiger partial charge in [-0.1, -0.05) is 97.1 Å². The molecule has 0 radical (unpaired) electrons. The van der Waals surface area contributed by atoms with Gasteiger partial charge in [0.1, 0.15) is 11.2 Å². The van der Waals surface area contributed by atoms with Crippen LogP contribution in [0.25, 0.3) is 55.3 Å². The third-order valence-electron chi connectivity index (χ3n) is 7.04. The van der Waals surface area contributed by atoms with E-state index in [0.717, 1.165) is 55.6 Å². The fraction of sp³-hybridized carbons (Fsp3) is 0. The zero-order chi connectivity index (χ0) is 25.3. The van der Waals surface area contributed by atoms with Crippen molar-refractivity contribution in [1.82, 2.24) is 0 Å². The van der Waals surface area contributed by atoms with Gasteiger partial charge in [0.2, 0.25) is 0 Å². The van der Waals surface area contributed by atoms with E-state index in [9.17, 15) is 0 Å². The quantitative estimate of drug-likeness (QED) is 0.261. The van der Waals surface area contributed by atoms with E-state index in [-0.39, 0.29) is 0 Å². The monoisotopic (exact) mass is 487 g/mol. The summed E-state index contributed by atoms with van der Waals surface area (Å²) in [7, 11) is 0. The predicted molar refractivity (Wildman–Crippen MR) is 160 cm³/mol. The average molecular weight is 488 g/mol. The van der Waals surface area contributed by atoms with E-state index in [1.807, 2.05) is 30.3 Å². The Balaban J connectivity index is 1.38. The molecule has 0 spiro atoms. The maximum absolute atomic E-state index is 6.50. The molecule has 0 aliphatic heterocycles. The van der Waals surface area contributed by atoms with E-state index in [4.69, 9.17) is 4.42 Å². The Hall–Kier alpha value is -5.08. The molecule has 0 saturated heterocycles. The first-order chi connectivity index (χ1) is 18.8. The minimum atomic E-state index is 0.899. The highest BCUT2D eigenvalue weighted by Crippen LogP contribution is 2.40. The van der Waals surface area contributed by atoms with E-state index in [0.29, 0.717) is 0 Å². The SMILES string of the molecule is c1ccc(Nc2ccc(-c3cc(-c4ccccc4)c4oc5ccc(-c6ccccc6)cc5c4c3)cc2)cc1. The maximum atomic E-state index is 6.50. The minimum Gasteiger partial charge on any atom is -0.455 e. The van der Waals surface area contributed by atoms with E-state index in [1.54, 1.807) is 0 Å². The first-order valence-electron chi connectivity index (χ1n) is 12.9. The molecule has 0 saturated carbocycles. The molecule has 0 fully saturated rings. The lowest BCUT2D eigenvalue weighted by molar-refractivity contribution is 0.670. The molecular formula is C36H25NO. The van der Waals surface area contributed by atoms with Crippen LogP contribution in [0.2, 0.25) is 0 Å². The summed E-state index contributed by atoms with van der Waals surface area (Å²) < 4.78 is 6.50. The lowest BCUT2D eigenvalue weighted by Gasteiger charge is -2.10. The van der Waals surface area contributed by atoms with Gasteiger partial charge in [-0.15, -0.1) is 0 Å². The van der Waals surface area contributed by atoms with Crippen LogP contribution in [-0.2, 0) is 0 Å². The van der Waals surface area contributed by atoms with Crippen molar-refractivity contribution < 1.29 is 4.42 Å². The summed E-state index contributed by atoms with van der Waals surface area (Å²) in [5.74, 6) is 0. The fourth-order valence-electron chi connectivity index (χ4n) is 5.12. The van der Waals surface area contributed by atoms with Crippen LogP contribution in [0.15, 0.2) is 150 Å². The van der Waals surface area contributed by atoms with Gasteiger partial charge in [-0.05, 0) is 76.3 Å². The molecule has 1 N–H and O–H groups in total. The molecule has 0 unspecified atom stereocenters. The summed E-state index contributed by atoms with van der Waals surface area (Å²) >= 11 is 0. The molecule has 0 bridgehead atoms. The lowest BCUT2D eigenvalue weighted by atomic mass is 9.95. The maximum Gasteiger partial charge on any atom is 0.143 e. The normalized spacial score (nSPS) is 11.2. The Morgan fingerprint density at radius 3 is 1.66 bits per heavy atom. The number of para-hydroxylation sites is 1. The van der Waals surface area contributed by atoms with Crippen LogP contribution in [0.1, 0.15) is 0 Å². The van der Waals surface area contributed by atoms with Gasteiger partial charge in [0.25, 0.3) is 0 Å². The van der Waals surface area contributed by atoms with Crippen molar-refractivity contribution in [2.45, 2.75) is 0 Å². The molecule has 1 heterocycles. The summed E-state index contributed by atoms with van der Waals surface area (Å²) in [6.45, 7) is 0. The van der Waals surface area contributed by atoms with Crippen LogP contribution in [0.4, 0.5) is 11.4 Å². The Morgan fingerprint density at radius 2 is 0.947 bits per heavy atom. The second kappa shape index (κ2) is 9.42. The Kier molecular flexibility index (Phi) is 5.49. The number of anilines is 2. The van der Waals surface area contributed by atoms with Gasteiger partial charge in [0.15, 0.2) is 0 Å². The number of benzene rings is 6. The zero-order valence-electron chi connectivity index (χ0n) is 20.8. The molecule has 1 aromatic heterocycles. The van der Waals surface area contributed by atoms with Gasteiger partial charge in [-0.2, -0.15) is 0 Å². The first kappa shape index (κ1) is 22.1. The van der Waals surface area contributed by atoms with Gasteiger partial charge in [-0.25, -0.2) is 0 Å². The average Bonchev–Trinajstić information content (AvgIpc) is 3.36. The van der Waals surface area contributed by atoms with Crippen LogP contribution < -0.4 is 5.32 Å². The molecule has 0 aliphatic rings. The van der Waals surface area contributed by atoms with E-state index in [2.05, 4.69) is 121 Å². The molecule has 2 heteroatoms.